The molecule has 0 saturated carbocycles. The number of benzene rings is 2. The van der Waals surface area contributed by atoms with Gasteiger partial charge in [-0.3, -0.25) is 9.79 Å². The van der Waals surface area contributed by atoms with Gasteiger partial charge in [-0.1, -0.05) is 36.4 Å². The maximum Gasteiger partial charge on any atom is 0.328 e. The molecule has 0 saturated heterocycles. The molecule has 1 aliphatic rings. The minimum absolute atomic E-state index is 0.0636. The van der Waals surface area contributed by atoms with Crippen LogP contribution in [0, 0.1) is 0 Å². The first-order valence-corrected chi connectivity index (χ1v) is 9.29. The molecule has 2 aromatic rings. The van der Waals surface area contributed by atoms with Crippen LogP contribution in [0.1, 0.15) is 34.3 Å². The van der Waals surface area contributed by atoms with E-state index in [9.17, 15) is 9.59 Å². The van der Waals surface area contributed by atoms with Crippen LogP contribution in [-0.4, -0.2) is 35.9 Å². The predicted molar refractivity (Wildman–Crippen MR) is 111 cm³/mol. The van der Waals surface area contributed by atoms with Gasteiger partial charge >= 0.3 is 5.97 Å². The highest BCUT2D eigenvalue weighted by atomic mass is 16.4. The Morgan fingerprint density at radius 3 is 2.82 bits per heavy atom. The summed E-state index contributed by atoms with van der Waals surface area (Å²) < 4.78 is 0. The van der Waals surface area contributed by atoms with E-state index >= 15 is 0 Å². The topological polar surface area (TPSA) is 90.8 Å². The SMILES string of the molecule is O=C(O)C=Cc1cccc(CCC(=O)c2cccc(NC3=NCCCN3)c2)c1. The lowest BCUT2D eigenvalue weighted by Crippen LogP contribution is -2.35. The number of nitrogens with zero attached hydrogens (tertiary/aromatic N) is 1. The Balaban J connectivity index is 1.60. The number of carbonyl (C=O) groups is 2. The van der Waals surface area contributed by atoms with Gasteiger partial charge in [0.2, 0.25) is 0 Å². The molecule has 6 heteroatoms. The van der Waals surface area contributed by atoms with Crippen molar-refractivity contribution >= 4 is 29.5 Å². The fourth-order valence-corrected chi connectivity index (χ4v) is 2.95. The molecule has 0 unspecified atom stereocenters. The summed E-state index contributed by atoms with van der Waals surface area (Å²) in [4.78, 5) is 27.6. The van der Waals surface area contributed by atoms with E-state index in [0.717, 1.165) is 48.4 Å². The molecule has 3 N–H and O–H groups in total. The van der Waals surface area contributed by atoms with Crippen LogP contribution in [0.2, 0.25) is 0 Å². The highest BCUT2D eigenvalue weighted by Crippen LogP contribution is 2.15. The van der Waals surface area contributed by atoms with Crippen molar-refractivity contribution < 1.29 is 14.7 Å². The summed E-state index contributed by atoms with van der Waals surface area (Å²) >= 11 is 0. The molecule has 0 aromatic heterocycles. The van der Waals surface area contributed by atoms with Crippen molar-refractivity contribution in [3.63, 3.8) is 0 Å². The number of carbonyl (C=O) groups excluding carboxylic acids is 1. The quantitative estimate of drug-likeness (QED) is 0.508. The van der Waals surface area contributed by atoms with Gasteiger partial charge in [0.1, 0.15) is 0 Å². The smallest absolute Gasteiger partial charge is 0.328 e. The number of Topliss-reactive ketones (excluding diaryl/α,β-unsaturated/α-hetero) is 1. The molecule has 28 heavy (non-hydrogen) atoms. The van der Waals surface area contributed by atoms with Crippen LogP contribution in [0.15, 0.2) is 59.6 Å². The number of ketones is 1. The number of aryl methyl sites for hydroxylation is 1. The summed E-state index contributed by atoms with van der Waals surface area (Å²) in [5.41, 5.74) is 3.29. The van der Waals surface area contributed by atoms with E-state index in [4.69, 9.17) is 5.11 Å². The first kappa shape index (κ1) is 19.4. The van der Waals surface area contributed by atoms with E-state index in [0.29, 0.717) is 18.4 Å². The van der Waals surface area contributed by atoms with E-state index in [1.54, 1.807) is 6.08 Å². The van der Waals surface area contributed by atoms with Crippen LogP contribution in [0.5, 0.6) is 0 Å². The largest absolute Gasteiger partial charge is 0.478 e. The van der Waals surface area contributed by atoms with E-state index in [1.807, 2.05) is 48.5 Å². The third kappa shape index (κ3) is 5.81. The van der Waals surface area contributed by atoms with Gasteiger partial charge in [0.25, 0.3) is 0 Å². The molecule has 0 amide bonds. The average molecular weight is 377 g/mol. The number of carboxylic acid groups (broad SMARTS) is 1. The summed E-state index contributed by atoms with van der Waals surface area (Å²) in [6.07, 6.45) is 4.66. The summed E-state index contributed by atoms with van der Waals surface area (Å²) in [6.45, 7) is 1.69. The van der Waals surface area contributed by atoms with Gasteiger partial charge in [0.15, 0.2) is 11.7 Å². The molecule has 144 valence electrons. The third-order valence-electron chi connectivity index (χ3n) is 4.35. The van der Waals surface area contributed by atoms with Gasteiger partial charge in [-0.2, -0.15) is 0 Å². The fraction of sp³-hybridized carbons (Fsp3) is 0.227. The van der Waals surface area contributed by atoms with Crippen molar-refractivity contribution in [2.24, 2.45) is 4.99 Å². The van der Waals surface area contributed by atoms with Crippen LogP contribution < -0.4 is 10.6 Å². The first-order chi connectivity index (χ1) is 13.6. The second-order valence-corrected chi connectivity index (χ2v) is 6.56. The zero-order valence-electron chi connectivity index (χ0n) is 15.5. The maximum atomic E-state index is 12.6. The van der Waals surface area contributed by atoms with E-state index in [2.05, 4.69) is 15.6 Å². The number of nitrogens with one attached hydrogen (secondary N) is 2. The fourth-order valence-electron chi connectivity index (χ4n) is 2.95. The molecule has 1 aliphatic heterocycles. The maximum absolute atomic E-state index is 12.6. The van der Waals surface area contributed by atoms with Crippen molar-refractivity contribution in [3.05, 3.63) is 71.3 Å². The molecule has 1 heterocycles. The Morgan fingerprint density at radius 1 is 1.18 bits per heavy atom. The number of aliphatic imine (C=N–C) groups is 1. The highest BCUT2D eigenvalue weighted by Gasteiger charge is 2.09. The lowest BCUT2D eigenvalue weighted by Gasteiger charge is -2.16. The van der Waals surface area contributed by atoms with Gasteiger partial charge in [0.05, 0.1) is 0 Å². The minimum Gasteiger partial charge on any atom is -0.478 e. The Morgan fingerprint density at radius 2 is 2.04 bits per heavy atom. The summed E-state index contributed by atoms with van der Waals surface area (Å²) in [5.74, 6) is -0.181. The van der Waals surface area contributed by atoms with Gasteiger partial charge in [-0.25, -0.2) is 4.79 Å². The van der Waals surface area contributed by atoms with Crippen LogP contribution in [-0.2, 0) is 11.2 Å². The third-order valence-corrected chi connectivity index (χ3v) is 4.35. The second kappa shape index (κ2) is 9.50. The van der Waals surface area contributed by atoms with Gasteiger partial charge < -0.3 is 15.7 Å². The van der Waals surface area contributed by atoms with Crippen molar-refractivity contribution in [1.29, 1.82) is 0 Å². The molecular formula is C22H23N3O3. The lowest BCUT2D eigenvalue weighted by atomic mass is 10.0. The van der Waals surface area contributed by atoms with Crippen molar-refractivity contribution in [3.8, 4) is 0 Å². The highest BCUT2D eigenvalue weighted by molar-refractivity contribution is 5.99. The number of guanidine groups is 1. The molecule has 0 atom stereocenters. The number of hydrogen-bond acceptors (Lipinski definition) is 5. The number of aliphatic carboxylic acids is 1. The molecule has 0 spiro atoms. The van der Waals surface area contributed by atoms with Crippen LogP contribution in [0.3, 0.4) is 0 Å². The van der Waals surface area contributed by atoms with Crippen LogP contribution in [0.4, 0.5) is 5.69 Å². The zero-order valence-corrected chi connectivity index (χ0v) is 15.5. The summed E-state index contributed by atoms with van der Waals surface area (Å²) in [7, 11) is 0. The van der Waals surface area contributed by atoms with E-state index < -0.39 is 5.97 Å². The molecule has 3 rings (SSSR count). The monoisotopic (exact) mass is 377 g/mol. The van der Waals surface area contributed by atoms with Crippen LogP contribution in [0.25, 0.3) is 6.08 Å². The van der Waals surface area contributed by atoms with Gasteiger partial charge in [0, 0.05) is 36.8 Å². The number of carboxylic acids is 1. The molecular weight excluding hydrogens is 354 g/mol. The molecule has 0 fully saturated rings. The van der Waals surface area contributed by atoms with Crippen molar-refractivity contribution in [2.75, 3.05) is 18.4 Å². The summed E-state index contributed by atoms with van der Waals surface area (Å²) in [5, 5.41) is 15.1. The zero-order chi connectivity index (χ0) is 19.8. The van der Waals surface area contributed by atoms with Crippen LogP contribution >= 0.6 is 0 Å². The van der Waals surface area contributed by atoms with E-state index in [1.165, 1.54) is 0 Å². The Bertz CT molecular complexity index is 919. The summed E-state index contributed by atoms with van der Waals surface area (Å²) in [6, 6.07) is 15.0. The second-order valence-electron chi connectivity index (χ2n) is 6.56. The lowest BCUT2D eigenvalue weighted by molar-refractivity contribution is -0.131. The molecule has 0 aliphatic carbocycles. The van der Waals surface area contributed by atoms with Crippen molar-refractivity contribution in [1.82, 2.24) is 5.32 Å². The predicted octanol–water partition coefficient (Wildman–Crippen LogP) is 3.36. The molecule has 0 radical (unpaired) electrons. The van der Waals surface area contributed by atoms with Crippen molar-refractivity contribution in [2.45, 2.75) is 19.3 Å². The number of anilines is 1. The number of hydrogen-bond donors (Lipinski definition) is 3. The van der Waals surface area contributed by atoms with E-state index in [-0.39, 0.29) is 5.78 Å². The Labute approximate surface area is 164 Å². The molecule has 6 nitrogen and oxygen atoms in total. The molecule has 0 bridgehead atoms. The Kier molecular flexibility index (Phi) is 6.57. The normalized spacial score (nSPS) is 13.6. The first-order valence-electron chi connectivity index (χ1n) is 9.29. The van der Waals surface area contributed by atoms with Gasteiger partial charge in [-0.15, -0.1) is 0 Å². The average Bonchev–Trinajstić information content (AvgIpc) is 2.72. The number of rotatable bonds is 7. The van der Waals surface area contributed by atoms with Gasteiger partial charge in [-0.05, 0) is 42.2 Å². The standard InChI is InChI=1S/C22H23N3O3/c26-20(10-8-16-4-1-5-17(14-16)9-11-21(27)28)18-6-2-7-19(15-18)25-22-23-12-3-13-24-22/h1-2,4-7,9,11,14-15H,3,8,10,12-13H2,(H,27,28)(H2,23,24,25). The minimum atomic E-state index is -0.983. The Hall–Kier alpha value is -3.41. The molecule has 2 aromatic carbocycles.